The fourth-order valence-electron chi connectivity index (χ4n) is 7.83. The van der Waals surface area contributed by atoms with Crippen LogP contribution in [0.5, 0.6) is 0 Å². The van der Waals surface area contributed by atoms with Crippen molar-refractivity contribution in [2.24, 2.45) is 0 Å². The molecule has 1 amide bonds. The number of carbonyl (C=O) groups is 1. The van der Waals surface area contributed by atoms with E-state index in [9.17, 15) is 4.79 Å². The monoisotopic (exact) mass is 727 g/mol. The number of nitrogens with zero attached hydrogens (tertiary/aromatic N) is 1. The molecule has 2 fully saturated rings. The predicted octanol–water partition coefficient (Wildman–Crippen LogP) is 7.52. The predicted molar refractivity (Wildman–Crippen MR) is 209 cm³/mol. The number of fused-ring (bicyclic) bond motifs is 1. The van der Waals surface area contributed by atoms with Crippen LogP contribution in [-0.2, 0) is 43.2 Å². The van der Waals surface area contributed by atoms with Crippen LogP contribution in [-0.4, -0.2) is 62.9 Å². The molecule has 3 unspecified atom stereocenters. The van der Waals surface area contributed by atoms with Crippen LogP contribution in [0.15, 0.2) is 152 Å². The van der Waals surface area contributed by atoms with Gasteiger partial charge < -0.3 is 23.4 Å². The van der Waals surface area contributed by atoms with Gasteiger partial charge in [-0.05, 0) is 32.1 Å². The summed E-state index contributed by atoms with van der Waals surface area (Å²) >= 11 is 0. The van der Waals surface area contributed by atoms with Crippen molar-refractivity contribution in [3.8, 4) is 0 Å². The molecule has 0 spiro atoms. The summed E-state index contributed by atoms with van der Waals surface area (Å²) in [6.45, 7) is 8.33. The maximum atomic E-state index is 13.9. The average molecular weight is 728 g/mol. The second-order valence-corrected chi connectivity index (χ2v) is 19.2. The van der Waals surface area contributed by atoms with Crippen molar-refractivity contribution < 1.29 is 28.2 Å². The Morgan fingerprint density at radius 1 is 0.604 bits per heavy atom. The first-order chi connectivity index (χ1) is 25.8. The molecule has 0 aliphatic carbocycles. The Bertz CT molecular complexity index is 1830. The van der Waals surface area contributed by atoms with Crippen LogP contribution in [0.4, 0.5) is 4.79 Å². The van der Waals surface area contributed by atoms with Crippen LogP contribution >= 0.6 is 0 Å². The molecule has 0 saturated carbocycles. The minimum atomic E-state index is -2.94. The molecule has 2 heterocycles. The minimum absolute atomic E-state index is 0.201. The lowest BCUT2D eigenvalue weighted by Crippen LogP contribution is -2.68. The van der Waals surface area contributed by atoms with E-state index >= 15 is 0 Å². The zero-order valence-electron chi connectivity index (χ0n) is 30.8. The number of rotatable bonds is 14. The number of amides is 1. The SMILES string of the molecule is CC(C)(C)[Si](OC[C@@H]1OC(=O)N2CC(OCc3ccccc3)C(OCc3ccccc3)[C@H](OCc3ccccc3)C12)(c1ccccc1)c1ccccc1. The maximum absolute atomic E-state index is 13.9. The van der Waals surface area contributed by atoms with E-state index in [-0.39, 0.29) is 11.6 Å². The average Bonchev–Trinajstić information content (AvgIpc) is 3.51. The highest BCUT2D eigenvalue weighted by molar-refractivity contribution is 6.99. The molecule has 5 aromatic carbocycles. The molecule has 0 N–H and O–H groups in total. The zero-order valence-corrected chi connectivity index (χ0v) is 31.8. The van der Waals surface area contributed by atoms with Gasteiger partial charge in [0.15, 0.2) is 0 Å². The standard InChI is InChI=1S/C45H49NO6Si/c1-45(2,3)53(37-25-15-7-16-26-37,38-27-17-8-18-28-38)51-33-40-41-43(50-32-36-23-13-6-14-24-36)42(49-31-35-21-11-5-12-22-35)39(29-46(41)44(47)52-40)48-30-34-19-9-4-10-20-34/h4-28,39-43H,29-33H2,1-3H3/t39?,40-,41?,42?,43+/m0/s1. The van der Waals surface area contributed by atoms with Crippen molar-refractivity contribution in [2.75, 3.05) is 13.2 Å². The second-order valence-electron chi connectivity index (χ2n) is 14.9. The van der Waals surface area contributed by atoms with E-state index < -0.39 is 44.9 Å². The van der Waals surface area contributed by atoms with Gasteiger partial charge in [-0.1, -0.05) is 172 Å². The van der Waals surface area contributed by atoms with E-state index in [1.54, 1.807) is 4.90 Å². The molecule has 7 rings (SSSR count). The zero-order chi connectivity index (χ0) is 36.7. The summed E-state index contributed by atoms with van der Waals surface area (Å²) < 4.78 is 34.0. The van der Waals surface area contributed by atoms with Crippen molar-refractivity contribution in [1.82, 2.24) is 4.90 Å². The number of cyclic esters (lactones) is 1. The van der Waals surface area contributed by atoms with Gasteiger partial charge in [-0.2, -0.15) is 0 Å². The van der Waals surface area contributed by atoms with E-state index in [2.05, 4.69) is 81.4 Å². The highest BCUT2D eigenvalue weighted by atomic mass is 28.4. The first kappa shape index (κ1) is 36.8. The first-order valence-corrected chi connectivity index (χ1v) is 20.4. The third-order valence-corrected chi connectivity index (χ3v) is 15.4. The van der Waals surface area contributed by atoms with Crippen molar-refractivity contribution in [1.29, 1.82) is 0 Å². The van der Waals surface area contributed by atoms with Crippen LogP contribution in [0, 0.1) is 0 Å². The normalized spacial score (nSPS) is 21.6. The summed E-state index contributed by atoms with van der Waals surface area (Å²) in [6, 6.07) is 50.9. The van der Waals surface area contributed by atoms with Gasteiger partial charge in [0.25, 0.3) is 8.32 Å². The highest BCUT2D eigenvalue weighted by Crippen LogP contribution is 2.39. The quantitative estimate of drug-likeness (QED) is 0.110. The minimum Gasteiger partial charge on any atom is -0.441 e. The van der Waals surface area contributed by atoms with Crippen LogP contribution < -0.4 is 10.4 Å². The summed E-state index contributed by atoms with van der Waals surface area (Å²) in [5.74, 6) is 0. The van der Waals surface area contributed by atoms with E-state index in [1.807, 2.05) is 91.0 Å². The first-order valence-electron chi connectivity index (χ1n) is 18.5. The lowest BCUT2D eigenvalue weighted by molar-refractivity contribution is -0.196. The van der Waals surface area contributed by atoms with Gasteiger partial charge in [-0.15, -0.1) is 0 Å². The van der Waals surface area contributed by atoms with E-state index in [4.69, 9.17) is 23.4 Å². The fraction of sp³-hybridized carbons (Fsp3) is 0.311. The summed E-state index contributed by atoms with van der Waals surface area (Å²) in [5, 5.41) is 2.09. The van der Waals surface area contributed by atoms with Crippen molar-refractivity contribution in [2.45, 2.75) is 76.1 Å². The van der Waals surface area contributed by atoms with Gasteiger partial charge in [0.1, 0.15) is 30.5 Å². The molecule has 274 valence electrons. The Morgan fingerprint density at radius 3 is 1.47 bits per heavy atom. The molecule has 8 heteroatoms. The van der Waals surface area contributed by atoms with Gasteiger partial charge in [0.2, 0.25) is 0 Å². The number of carbonyl (C=O) groups excluding carboxylic acids is 1. The molecule has 7 nitrogen and oxygen atoms in total. The van der Waals surface area contributed by atoms with Crippen LogP contribution in [0.1, 0.15) is 37.5 Å². The largest absolute Gasteiger partial charge is 0.441 e. The number of benzene rings is 5. The number of hydrogen-bond donors (Lipinski definition) is 0. The number of piperidine rings is 1. The highest BCUT2D eigenvalue weighted by Gasteiger charge is 2.58. The molecule has 2 aliphatic rings. The van der Waals surface area contributed by atoms with Gasteiger partial charge in [0.05, 0.1) is 33.0 Å². The molecule has 53 heavy (non-hydrogen) atoms. The lowest BCUT2D eigenvalue weighted by Gasteiger charge is -2.46. The van der Waals surface area contributed by atoms with Gasteiger partial charge >= 0.3 is 6.09 Å². The summed E-state index contributed by atoms with van der Waals surface area (Å²) in [5.41, 5.74) is 3.11. The van der Waals surface area contributed by atoms with Crippen molar-refractivity contribution in [3.63, 3.8) is 0 Å². The molecule has 2 saturated heterocycles. The van der Waals surface area contributed by atoms with Crippen LogP contribution in [0.25, 0.3) is 0 Å². The third-order valence-electron chi connectivity index (χ3n) is 10.4. The number of hydrogen-bond acceptors (Lipinski definition) is 6. The molecule has 5 aromatic rings. The Morgan fingerprint density at radius 2 is 1.02 bits per heavy atom. The molecule has 0 bridgehead atoms. The third kappa shape index (κ3) is 8.17. The Labute approximate surface area is 314 Å². The van der Waals surface area contributed by atoms with Crippen molar-refractivity contribution >= 4 is 24.8 Å². The molecular weight excluding hydrogens is 679 g/mol. The molecular formula is C45H49NO6Si. The molecule has 2 aliphatic heterocycles. The molecule has 5 atom stereocenters. The summed E-state index contributed by atoms with van der Waals surface area (Å²) in [7, 11) is -2.94. The smallest absolute Gasteiger partial charge is 0.410 e. The summed E-state index contributed by atoms with van der Waals surface area (Å²) in [4.78, 5) is 15.7. The second kappa shape index (κ2) is 16.6. The molecule has 0 radical (unpaired) electrons. The Balaban J connectivity index is 1.24. The van der Waals surface area contributed by atoms with Gasteiger partial charge in [-0.25, -0.2) is 4.79 Å². The maximum Gasteiger partial charge on any atom is 0.410 e. The lowest BCUT2D eigenvalue weighted by atomic mass is 9.90. The fourth-order valence-corrected chi connectivity index (χ4v) is 12.4. The topological polar surface area (TPSA) is 66.5 Å². The number of ether oxygens (including phenoxy) is 4. The summed E-state index contributed by atoms with van der Waals surface area (Å²) in [6.07, 6.45) is -2.56. The van der Waals surface area contributed by atoms with Crippen molar-refractivity contribution in [3.05, 3.63) is 168 Å². The molecule has 0 aromatic heterocycles. The van der Waals surface area contributed by atoms with Crippen LogP contribution in [0.2, 0.25) is 5.04 Å². The van der Waals surface area contributed by atoms with E-state index in [1.165, 1.54) is 10.4 Å². The van der Waals surface area contributed by atoms with E-state index in [0.29, 0.717) is 26.4 Å². The van der Waals surface area contributed by atoms with Gasteiger partial charge in [0, 0.05) is 0 Å². The van der Waals surface area contributed by atoms with Crippen LogP contribution in [0.3, 0.4) is 0 Å². The van der Waals surface area contributed by atoms with Gasteiger partial charge in [-0.3, -0.25) is 4.90 Å². The Hall–Kier alpha value is -4.57. The Kier molecular flexibility index (Phi) is 11.5. The van der Waals surface area contributed by atoms with E-state index in [0.717, 1.165) is 16.7 Å².